The van der Waals surface area contributed by atoms with Crippen LogP contribution in [0.1, 0.15) is 5.76 Å². The second kappa shape index (κ2) is 5.60. The Bertz CT molecular complexity index is 752. The molecule has 0 unspecified atom stereocenters. The van der Waals surface area contributed by atoms with Gasteiger partial charge in [0.05, 0.1) is 11.2 Å². The van der Waals surface area contributed by atoms with Crippen LogP contribution in [0, 0.1) is 0 Å². The number of hydrogen-bond donors (Lipinski definition) is 0. The molecule has 100 valence electrons. The summed E-state index contributed by atoms with van der Waals surface area (Å²) in [5.74, 6) is 1.36. The molecule has 2 aromatic heterocycles. The molecule has 0 aliphatic rings. The molecule has 2 heterocycles. The van der Waals surface area contributed by atoms with E-state index in [1.54, 1.807) is 6.21 Å². The average Bonchev–Trinajstić information content (AvgIpc) is 3.10. The Hall–Kier alpha value is -1.92. The van der Waals surface area contributed by atoms with Crippen molar-refractivity contribution >= 4 is 33.7 Å². The smallest absolute Gasteiger partial charge is 0.147 e. The van der Waals surface area contributed by atoms with Crippen LogP contribution in [0.3, 0.4) is 0 Å². The standard InChI is InChI=1S/C13H8BrClN4O/c14-11-3-1-9(5-12(11)15)13-4-2-10(20-13)6-18-19-7-16-17-8-19/h1-8H. The molecule has 0 aliphatic carbocycles. The maximum Gasteiger partial charge on any atom is 0.147 e. The van der Waals surface area contributed by atoms with Gasteiger partial charge in [-0.1, -0.05) is 17.7 Å². The maximum absolute atomic E-state index is 6.07. The largest absolute Gasteiger partial charge is 0.455 e. The van der Waals surface area contributed by atoms with Crippen molar-refractivity contribution in [2.45, 2.75) is 0 Å². The summed E-state index contributed by atoms with van der Waals surface area (Å²) in [4.78, 5) is 0. The fraction of sp³-hybridized carbons (Fsp3) is 0. The number of rotatable bonds is 3. The summed E-state index contributed by atoms with van der Waals surface area (Å²) in [5.41, 5.74) is 0.905. The van der Waals surface area contributed by atoms with Crippen LogP contribution < -0.4 is 0 Å². The minimum atomic E-state index is 0.632. The fourth-order valence-electron chi connectivity index (χ4n) is 1.61. The van der Waals surface area contributed by atoms with E-state index >= 15 is 0 Å². The normalized spacial score (nSPS) is 11.3. The van der Waals surface area contributed by atoms with Crippen molar-refractivity contribution < 1.29 is 4.42 Å². The van der Waals surface area contributed by atoms with E-state index < -0.39 is 0 Å². The number of hydrogen-bond acceptors (Lipinski definition) is 4. The first-order chi connectivity index (χ1) is 9.72. The van der Waals surface area contributed by atoms with Gasteiger partial charge in [0.1, 0.15) is 24.2 Å². The van der Waals surface area contributed by atoms with E-state index in [-0.39, 0.29) is 0 Å². The third kappa shape index (κ3) is 2.81. The highest BCUT2D eigenvalue weighted by atomic mass is 79.9. The van der Waals surface area contributed by atoms with E-state index in [2.05, 4.69) is 31.2 Å². The molecular weight excluding hydrogens is 344 g/mol. The fourth-order valence-corrected chi connectivity index (χ4v) is 2.03. The molecule has 0 atom stereocenters. The monoisotopic (exact) mass is 350 g/mol. The number of benzene rings is 1. The second-order valence-electron chi connectivity index (χ2n) is 3.92. The SMILES string of the molecule is Clc1cc(-c2ccc(C=Nn3cnnc3)o2)ccc1Br. The Morgan fingerprint density at radius 3 is 2.75 bits per heavy atom. The van der Waals surface area contributed by atoms with Crippen LogP contribution in [0.5, 0.6) is 0 Å². The molecule has 0 spiro atoms. The molecule has 20 heavy (non-hydrogen) atoms. The van der Waals surface area contributed by atoms with Gasteiger partial charge in [0.25, 0.3) is 0 Å². The molecule has 1 aromatic carbocycles. The second-order valence-corrected chi connectivity index (χ2v) is 5.18. The first-order valence-electron chi connectivity index (χ1n) is 5.66. The first kappa shape index (κ1) is 13.1. The molecular formula is C13H8BrClN4O. The molecule has 0 bridgehead atoms. The zero-order valence-corrected chi connectivity index (χ0v) is 12.4. The van der Waals surface area contributed by atoms with Crippen LogP contribution in [-0.2, 0) is 0 Å². The van der Waals surface area contributed by atoms with Gasteiger partial charge >= 0.3 is 0 Å². The van der Waals surface area contributed by atoms with Crippen molar-refractivity contribution in [1.82, 2.24) is 14.9 Å². The highest BCUT2D eigenvalue weighted by Crippen LogP contribution is 2.29. The molecule has 0 radical (unpaired) electrons. The van der Waals surface area contributed by atoms with Gasteiger partial charge in [0.2, 0.25) is 0 Å². The van der Waals surface area contributed by atoms with E-state index in [9.17, 15) is 0 Å². The van der Waals surface area contributed by atoms with Crippen molar-refractivity contribution in [1.29, 1.82) is 0 Å². The van der Waals surface area contributed by atoms with Gasteiger partial charge in [0.15, 0.2) is 0 Å². The van der Waals surface area contributed by atoms with Gasteiger partial charge < -0.3 is 4.42 Å². The minimum absolute atomic E-state index is 0.632. The number of halogens is 2. The van der Waals surface area contributed by atoms with Gasteiger partial charge in [-0.3, -0.25) is 0 Å². The average molecular weight is 352 g/mol. The van der Waals surface area contributed by atoms with Gasteiger partial charge in [0, 0.05) is 10.0 Å². The van der Waals surface area contributed by atoms with Crippen molar-refractivity contribution in [3.8, 4) is 11.3 Å². The highest BCUT2D eigenvalue weighted by Gasteiger charge is 2.06. The van der Waals surface area contributed by atoms with E-state index in [4.69, 9.17) is 16.0 Å². The van der Waals surface area contributed by atoms with Crippen LogP contribution >= 0.6 is 27.5 Å². The molecule has 0 saturated carbocycles. The number of aromatic nitrogens is 3. The molecule has 0 fully saturated rings. The third-order valence-corrected chi connectivity index (χ3v) is 3.79. The molecule has 7 heteroatoms. The van der Waals surface area contributed by atoms with Crippen LogP contribution in [0.15, 0.2) is 57.0 Å². The minimum Gasteiger partial charge on any atom is -0.455 e. The lowest BCUT2D eigenvalue weighted by Crippen LogP contribution is -1.84. The maximum atomic E-state index is 6.07. The van der Waals surface area contributed by atoms with Crippen LogP contribution in [0.25, 0.3) is 11.3 Å². The summed E-state index contributed by atoms with van der Waals surface area (Å²) in [6.45, 7) is 0. The lowest BCUT2D eigenvalue weighted by atomic mass is 10.2. The van der Waals surface area contributed by atoms with Crippen molar-refractivity contribution in [3.05, 3.63) is 58.2 Å². The van der Waals surface area contributed by atoms with E-state index in [1.165, 1.54) is 17.3 Å². The van der Waals surface area contributed by atoms with Gasteiger partial charge in [-0.15, -0.1) is 10.2 Å². The molecule has 5 nitrogen and oxygen atoms in total. The lowest BCUT2D eigenvalue weighted by Gasteiger charge is -1.99. The summed E-state index contributed by atoms with van der Waals surface area (Å²) >= 11 is 9.42. The molecule has 0 aliphatic heterocycles. The van der Waals surface area contributed by atoms with Crippen LogP contribution in [0.2, 0.25) is 5.02 Å². The Labute approximate surface area is 128 Å². The van der Waals surface area contributed by atoms with Gasteiger partial charge in [-0.2, -0.15) is 5.10 Å². The quantitative estimate of drug-likeness (QED) is 0.674. The molecule has 3 rings (SSSR count). The molecule has 0 N–H and O–H groups in total. The highest BCUT2D eigenvalue weighted by molar-refractivity contribution is 9.10. The zero-order valence-electron chi connectivity index (χ0n) is 10.1. The third-order valence-electron chi connectivity index (χ3n) is 2.56. The number of nitrogens with zero attached hydrogens (tertiary/aromatic N) is 4. The van der Waals surface area contributed by atoms with Crippen molar-refractivity contribution in [3.63, 3.8) is 0 Å². The van der Waals surface area contributed by atoms with Crippen LogP contribution in [-0.4, -0.2) is 21.1 Å². The Morgan fingerprint density at radius 1 is 1.20 bits per heavy atom. The lowest BCUT2D eigenvalue weighted by molar-refractivity contribution is 0.574. The summed E-state index contributed by atoms with van der Waals surface area (Å²) in [6.07, 6.45) is 4.58. The Balaban J connectivity index is 1.84. The van der Waals surface area contributed by atoms with E-state index in [0.717, 1.165) is 15.8 Å². The topological polar surface area (TPSA) is 56.2 Å². The van der Waals surface area contributed by atoms with E-state index in [1.807, 2.05) is 30.3 Å². The van der Waals surface area contributed by atoms with E-state index in [0.29, 0.717) is 10.8 Å². The predicted octanol–water partition coefficient (Wildman–Crippen LogP) is 3.84. The van der Waals surface area contributed by atoms with Crippen molar-refractivity contribution in [2.75, 3.05) is 0 Å². The summed E-state index contributed by atoms with van der Waals surface area (Å²) in [7, 11) is 0. The molecule has 0 saturated heterocycles. The predicted molar refractivity (Wildman–Crippen MR) is 79.9 cm³/mol. The van der Waals surface area contributed by atoms with Crippen molar-refractivity contribution in [2.24, 2.45) is 5.10 Å². The zero-order chi connectivity index (χ0) is 13.9. The molecule has 3 aromatic rings. The van der Waals surface area contributed by atoms with Crippen LogP contribution in [0.4, 0.5) is 0 Å². The Morgan fingerprint density at radius 2 is 2.00 bits per heavy atom. The summed E-state index contributed by atoms with van der Waals surface area (Å²) in [6, 6.07) is 9.35. The van der Waals surface area contributed by atoms with Gasteiger partial charge in [-0.05, 0) is 40.2 Å². The summed E-state index contributed by atoms with van der Waals surface area (Å²) < 4.78 is 8.02. The first-order valence-corrected chi connectivity index (χ1v) is 6.84. The van der Waals surface area contributed by atoms with Gasteiger partial charge in [-0.25, -0.2) is 4.68 Å². The Kier molecular flexibility index (Phi) is 3.66. The molecule has 0 amide bonds. The number of furan rings is 1. The summed E-state index contributed by atoms with van der Waals surface area (Å²) in [5, 5.41) is 12.1.